The van der Waals surface area contributed by atoms with Crippen molar-refractivity contribution >= 4 is 40.7 Å². The fourth-order valence-electron chi connectivity index (χ4n) is 7.94. The molecule has 0 radical (unpaired) electrons. The van der Waals surface area contributed by atoms with Gasteiger partial charge >= 0.3 is 0 Å². The lowest BCUT2D eigenvalue weighted by Crippen LogP contribution is -2.26. The number of hydrogen-bond acceptors (Lipinski definition) is 13. The van der Waals surface area contributed by atoms with Crippen LogP contribution in [0.4, 0.5) is 34.6 Å². The van der Waals surface area contributed by atoms with Crippen LogP contribution in [-0.2, 0) is 0 Å². The quantitative estimate of drug-likeness (QED) is 0.0286. The molecule has 0 unspecified atom stereocenters. The molecule has 72 heavy (non-hydrogen) atoms. The summed E-state index contributed by atoms with van der Waals surface area (Å²) in [5.74, 6) is 5.45. The third-order valence-electron chi connectivity index (χ3n) is 12.4. The molecule has 13 heteroatoms. The number of rotatable bonds is 34. The second kappa shape index (κ2) is 31.2. The van der Waals surface area contributed by atoms with E-state index in [1.807, 2.05) is 103 Å². The van der Waals surface area contributed by atoms with Gasteiger partial charge in [-0.3, -0.25) is 0 Å². The van der Waals surface area contributed by atoms with E-state index in [4.69, 9.17) is 33.9 Å². The Bertz CT molecular complexity index is 2350. The lowest BCUT2D eigenvalue weighted by molar-refractivity contribution is 0.304. The average molecular weight is 974 g/mol. The van der Waals surface area contributed by atoms with Gasteiger partial charge in [-0.05, 0) is 128 Å². The summed E-state index contributed by atoms with van der Waals surface area (Å²) in [4.78, 5) is 19.3. The molecular formula is C59H75N9O4. The number of methoxy groups -OCH3 is 2. The van der Waals surface area contributed by atoms with E-state index in [1.54, 1.807) is 14.2 Å². The topological polar surface area (TPSA) is 132 Å². The SMILES string of the molecule is C=Cc1ccc(-c2nc(N(C)CCCCCCCCCCOc3ccc(N=Nc4ccc(OC)cc4)cc3)nc(N(C)CCCCCCCCCCOc3ccc(N=Nc4ccc(OC)cc4)cc3)n2)cc1. The van der Waals surface area contributed by atoms with E-state index < -0.39 is 0 Å². The van der Waals surface area contributed by atoms with Crippen LogP contribution in [0, 0.1) is 0 Å². The monoisotopic (exact) mass is 974 g/mol. The van der Waals surface area contributed by atoms with Crippen molar-refractivity contribution in [3.63, 3.8) is 0 Å². The van der Waals surface area contributed by atoms with E-state index >= 15 is 0 Å². The van der Waals surface area contributed by atoms with Crippen LogP contribution < -0.4 is 28.7 Å². The van der Waals surface area contributed by atoms with Gasteiger partial charge in [-0.15, -0.1) is 0 Å². The van der Waals surface area contributed by atoms with E-state index in [0.29, 0.717) is 5.82 Å². The molecule has 0 saturated heterocycles. The minimum Gasteiger partial charge on any atom is -0.497 e. The van der Waals surface area contributed by atoms with Crippen LogP contribution in [0.25, 0.3) is 17.5 Å². The highest BCUT2D eigenvalue weighted by Crippen LogP contribution is 2.27. The fraction of sp³-hybridized carbons (Fsp3) is 0.407. The molecule has 380 valence electrons. The molecule has 0 aliphatic carbocycles. The van der Waals surface area contributed by atoms with Gasteiger partial charge in [0.15, 0.2) is 5.82 Å². The summed E-state index contributed by atoms with van der Waals surface area (Å²) in [5, 5.41) is 17.2. The first kappa shape index (κ1) is 54.2. The molecule has 0 aliphatic rings. The fourth-order valence-corrected chi connectivity index (χ4v) is 7.94. The molecule has 6 aromatic rings. The van der Waals surface area contributed by atoms with Crippen LogP contribution in [0.5, 0.6) is 23.0 Å². The maximum absolute atomic E-state index is 5.98. The van der Waals surface area contributed by atoms with Crippen molar-refractivity contribution in [2.75, 3.05) is 64.4 Å². The molecule has 0 atom stereocenters. The van der Waals surface area contributed by atoms with E-state index in [-0.39, 0.29) is 0 Å². The summed E-state index contributed by atoms with van der Waals surface area (Å²) in [6.07, 6.45) is 20.8. The van der Waals surface area contributed by atoms with Gasteiger partial charge in [-0.1, -0.05) is 114 Å². The maximum atomic E-state index is 5.98. The molecule has 1 aromatic heterocycles. The zero-order valence-corrected chi connectivity index (χ0v) is 43.1. The normalized spacial score (nSPS) is 11.3. The third-order valence-corrected chi connectivity index (χ3v) is 12.4. The lowest BCUT2D eigenvalue weighted by Gasteiger charge is -2.22. The molecule has 1 heterocycles. The van der Waals surface area contributed by atoms with Gasteiger partial charge < -0.3 is 28.7 Å². The summed E-state index contributed by atoms with van der Waals surface area (Å²) in [6, 6.07) is 38.8. The Morgan fingerprint density at radius 1 is 0.403 bits per heavy atom. The standard InChI is InChI=1S/C59H75N9O4/c1-6-47-23-25-48(26-24-47)57-60-58(67(2)43-19-15-11-7-9-13-17-21-45-71-55-39-31-51(32-40-55)65-63-49-27-35-53(69-4)36-28-49)62-59(61-57)68(3)44-20-16-12-8-10-14-18-22-46-72-56-41-33-52(34-42-56)66-64-50-29-37-54(70-5)38-30-50/h6,23-42H,1,7-22,43-46H2,2-5H3. The highest BCUT2D eigenvalue weighted by Gasteiger charge is 2.15. The van der Waals surface area contributed by atoms with Crippen LogP contribution in [-0.4, -0.2) is 69.6 Å². The minimum absolute atomic E-state index is 0.698. The zero-order chi connectivity index (χ0) is 50.4. The summed E-state index contributed by atoms with van der Waals surface area (Å²) >= 11 is 0. The first-order valence-corrected chi connectivity index (χ1v) is 25.9. The van der Waals surface area contributed by atoms with Crippen LogP contribution in [0.1, 0.15) is 108 Å². The Labute approximate surface area is 428 Å². The smallest absolute Gasteiger partial charge is 0.230 e. The first-order valence-electron chi connectivity index (χ1n) is 25.9. The Hall–Kier alpha value is -7.15. The van der Waals surface area contributed by atoms with Crippen molar-refractivity contribution in [2.24, 2.45) is 20.5 Å². The molecule has 0 fully saturated rings. The Morgan fingerprint density at radius 2 is 0.722 bits per heavy atom. The summed E-state index contributed by atoms with van der Waals surface area (Å²) in [6.45, 7) is 7.15. The third kappa shape index (κ3) is 19.6. The van der Waals surface area contributed by atoms with Crippen molar-refractivity contribution in [2.45, 2.75) is 103 Å². The summed E-state index contributed by atoms with van der Waals surface area (Å²) in [7, 11) is 7.49. The minimum atomic E-state index is 0.698. The molecule has 13 nitrogen and oxygen atoms in total. The second-order valence-electron chi connectivity index (χ2n) is 18.1. The van der Waals surface area contributed by atoms with Crippen LogP contribution in [0.3, 0.4) is 0 Å². The molecule has 0 saturated carbocycles. The van der Waals surface area contributed by atoms with Gasteiger partial charge in [0.1, 0.15) is 23.0 Å². The largest absolute Gasteiger partial charge is 0.497 e. The molecule has 5 aromatic carbocycles. The van der Waals surface area contributed by atoms with Crippen LogP contribution >= 0.6 is 0 Å². The number of ether oxygens (including phenoxy) is 4. The summed E-state index contributed by atoms with van der Waals surface area (Å²) < 4.78 is 22.4. The summed E-state index contributed by atoms with van der Waals surface area (Å²) in [5.41, 5.74) is 5.18. The van der Waals surface area contributed by atoms with Gasteiger partial charge in [0.2, 0.25) is 11.9 Å². The van der Waals surface area contributed by atoms with Crippen LogP contribution in [0.2, 0.25) is 0 Å². The zero-order valence-electron chi connectivity index (χ0n) is 43.1. The Kier molecular flexibility index (Phi) is 23.5. The Morgan fingerprint density at radius 3 is 1.06 bits per heavy atom. The van der Waals surface area contributed by atoms with Gasteiger partial charge in [-0.25, -0.2) is 0 Å². The highest BCUT2D eigenvalue weighted by molar-refractivity contribution is 5.61. The van der Waals surface area contributed by atoms with Crippen molar-refractivity contribution in [3.8, 4) is 34.4 Å². The highest BCUT2D eigenvalue weighted by atomic mass is 16.5. The molecule has 0 amide bonds. The second-order valence-corrected chi connectivity index (χ2v) is 18.1. The number of nitrogens with zero attached hydrogens (tertiary/aromatic N) is 9. The van der Waals surface area contributed by atoms with E-state index in [2.05, 4.69) is 75.2 Å². The van der Waals surface area contributed by atoms with Crippen molar-refractivity contribution in [1.29, 1.82) is 0 Å². The number of azo groups is 2. The van der Waals surface area contributed by atoms with E-state index in [0.717, 1.165) is 121 Å². The number of hydrogen-bond donors (Lipinski definition) is 0. The predicted octanol–water partition coefficient (Wildman–Crippen LogP) is 16.3. The predicted molar refractivity (Wildman–Crippen MR) is 294 cm³/mol. The van der Waals surface area contributed by atoms with Crippen LogP contribution in [0.15, 0.2) is 148 Å². The molecule has 0 spiro atoms. The van der Waals surface area contributed by atoms with Crippen molar-refractivity contribution in [3.05, 3.63) is 133 Å². The molecule has 0 aliphatic heterocycles. The van der Waals surface area contributed by atoms with E-state index in [9.17, 15) is 0 Å². The molecular weight excluding hydrogens is 899 g/mol. The van der Waals surface area contributed by atoms with Gasteiger partial charge in [-0.2, -0.15) is 35.4 Å². The number of aromatic nitrogens is 3. The molecule has 0 bridgehead atoms. The van der Waals surface area contributed by atoms with Gasteiger partial charge in [0, 0.05) is 32.7 Å². The number of unbranched alkanes of at least 4 members (excludes halogenated alkanes) is 14. The van der Waals surface area contributed by atoms with Gasteiger partial charge in [0.05, 0.1) is 50.2 Å². The number of benzene rings is 5. The van der Waals surface area contributed by atoms with Gasteiger partial charge in [0.25, 0.3) is 0 Å². The van der Waals surface area contributed by atoms with Crippen molar-refractivity contribution < 1.29 is 18.9 Å². The van der Waals surface area contributed by atoms with E-state index in [1.165, 1.54) is 77.0 Å². The molecule has 6 rings (SSSR count). The average Bonchev–Trinajstić information content (AvgIpc) is 3.43. The lowest BCUT2D eigenvalue weighted by atomic mass is 10.1. The molecule has 0 N–H and O–H groups in total. The van der Waals surface area contributed by atoms with Crippen molar-refractivity contribution in [1.82, 2.24) is 15.0 Å². The number of anilines is 2. The first-order chi connectivity index (χ1) is 35.4. The maximum Gasteiger partial charge on any atom is 0.230 e. The Balaban J connectivity index is 0.812.